The summed E-state index contributed by atoms with van der Waals surface area (Å²) in [7, 11) is 0. The smallest absolute Gasteiger partial charge is 0.322 e. The Morgan fingerprint density at radius 2 is 1.73 bits per heavy atom. The molecule has 6 heteroatoms. The fourth-order valence-electron chi connectivity index (χ4n) is 3.53. The van der Waals surface area contributed by atoms with Crippen molar-refractivity contribution in [3.63, 3.8) is 0 Å². The number of fused-ring (bicyclic) bond motifs is 1. The molecule has 3 aromatic carbocycles. The number of aryl methyl sites for hydroxylation is 1. The second-order valence-corrected chi connectivity index (χ2v) is 7.35. The number of hydrogen-bond acceptors (Lipinski definition) is 3. The van der Waals surface area contributed by atoms with Gasteiger partial charge in [-0.2, -0.15) is 0 Å². The quantitative estimate of drug-likeness (QED) is 0.532. The fourth-order valence-corrected chi connectivity index (χ4v) is 3.53. The minimum Gasteiger partial charge on any atom is -0.397 e. The van der Waals surface area contributed by atoms with Crippen molar-refractivity contribution in [1.82, 2.24) is 4.90 Å². The number of carbonyl (C=O) groups excluding carboxylic acids is 2. The number of hydrogen-bond donors (Lipinski definition) is 3. The maximum absolute atomic E-state index is 12.4. The summed E-state index contributed by atoms with van der Waals surface area (Å²) in [6, 6.07) is 22.5. The van der Waals surface area contributed by atoms with Gasteiger partial charge in [0.05, 0.1) is 11.4 Å². The zero-order chi connectivity index (χ0) is 20.9. The zero-order valence-electron chi connectivity index (χ0n) is 16.6. The van der Waals surface area contributed by atoms with Gasteiger partial charge in [0.25, 0.3) is 5.91 Å². The summed E-state index contributed by atoms with van der Waals surface area (Å²) in [5.41, 5.74) is 10.7. The van der Waals surface area contributed by atoms with E-state index in [4.69, 9.17) is 5.73 Å². The second kappa shape index (κ2) is 8.69. The number of benzene rings is 3. The average Bonchev–Trinajstić information content (AvgIpc) is 2.76. The third kappa shape index (κ3) is 4.43. The topological polar surface area (TPSA) is 87.5 Å². The molecular formula is C24H24N4O2. The molecule has 0 bridgehead atoms. The Balaban J connectivity index is 1.29. The molecule has 0 aliphatic carbocycles. The van der Waals surface area contributed by atoms with Gasteiger partial charge in [-0.15, -0.1) is 0 Å². The number of nitrogens with two attached hydrogens (primary N) is 1. The van der Waals surface area contributed by atoms with Crippen molar-refractivity contribution in [1.29, 1.82) is 0 Å². The Labute approximate surface area is 175 Å². The maximum Gasteiger partial charge on any atom is 0.322 e. The second-order valence-electron chi connectivity index (χ2n) is 7.35. The Morgan fingerprint density at radius 1 is 1.00 bits per heavy atom. The number of nitrogens with one attached hydrogen (secondary N) is 2. The van der Waals surface area contributed by atoms with Crippen LogP contribution in [0.25, 0.3) is 0 Å². The number of nitrogens with zero attached hydrogens (tertiary/aromatic N) is 1. The van der Waals surface area contributed by atoms with Gasteiger partial charge in [-0.3, -0.25) is 4.79 Å². The van der Waals surface area contributed by atoms with Crippen LogP contribution >= 0.6 is 0 Å². The lowest BCUT2D eigenvalue weighted by molar-refractivity contribution is 0.102. The molecule has 152 valence electrons. The third-order valence-electron chi connectivity index (χ3n) is 5.23. The molecule has 4 N–H and O–H groups in total. The maximum atomic E-state index is 12.4. The number of urea groups is 1. The van der Waals surface area contributed by atoms with Crippen molar-refractivity contribution in [3.05, 3.63) is 89.5 Å². The predicted molar refractivity (Wildman–Crippen MR) is 119 cm³/mol. The SMILES string of the molecule is Nc1ccccc1NC(=O)c1ccc(CCCN2Cc3ccccc3NC2=O)cc1. The fraction of sp³-hybridized carbons (Fsp3) is 0.167. The van der Waals surface area contributed by atoms with E-state index in [1.807, 2.05) is 65.6 Å². The largest absolute Gasteiger partial charge is 0.397 e. The van der Waals surface area contributed by atoms with Gasteiger partial charge in [-0.1, -0.05) is 42.5 Å². The summed E-state index contributed by atoms with van der Waals surface area (Å²) in [6.45, 7) is 1.30. The van der Waals surface area contributed by atoms with Crippen LogP contribution in [0.5, 0.6) is 0 Å². The minimum absolute atomic E-state index is 0.0547. The first kappa shape index (κ1) is 19.5. The van der Waals surface area contributed by atoms with Crippen LogP contribution in [-0.2, 0) is 13.0 Å². The standard InChI is InChI=1S/C24H24N4O2/c25-20-8-2-4-10-22(20)26-23(29)18-13-11-17(12-14-18)6-5-15-28-16-19-7-1-3-9-21(19)27-24(28)30/h1-4,7-14H,5-6,15-16,25H2,(H,26,29)(H,27,30). The van der Waals surface area contributed by atoms with Crippen molar-refractivity contribution >= 4 is 29.0 Å². The molecule has 0 radical (unpaired) electrons. The summed E-state index contributed by atoms with van der Waals surface area (Å²) in [5.74, 6) is -0.192. The van der Waals surface area contributed by atoms with Crippen LogP contribution in [0.4, 0.5) is 21.9 Å². The van der Waals surface area contributed by atoms with E-state index < -0.39 is 0 Å². The van der Waals surface area contributed by atoms with Crippen LogP contribution in [0, 0.1) is 0 Å². The molecule has 0 fully saturated rings. The highest BCUT2D eigenvalue weighted by molar-refractivity contribution is 6.05. The monoisotopic (exact) mass is 400 g/mol. The van der Waals surface area contributed by atoms with Crippen molar-refractivity contribution in [2.24, 2.45) is 0 Å². The lowest BCUT2D eigenvalue weighted by Gasteiger charge is -2.29. The molecule has 0 atom stereocenters. The number of carbonyl (C=O) groups is 2. The molecule has 0 unspecified atom stereocenters. The van der Waals surface area contributed by atoms with Gasteiger partial charge in [-0.25, -0.2) is 4.79 Å². The Morgan fingerprint density at radius 3 is 2.53 bits per heavy atom. The van der Waals surface area contributed by atoms with Crippen LogP contribution < -0.4 is 16.4 Å². The highest BCUT2D eigenvalue weighted by atomic mass is 16.2. The molecule has 0 saturated heterocycles. The highest BCUT2D eigenvalue weighted by Crippen LogP contribution is 2.23. The molecule has 1 aliphatic heterocycles. The summed E-state index contributed by atoms with van der Waals surface area (Å²) < 4.78 is 0. The average molecular weight is 400 g/mol. The van der Waals surface area contributed by atoms with Gasteiger partial charge in [0.15, 0.2) is 0 Å². The molecule has 3 aromatic rings. The third-order valence-corrected chi connectivity index (χ3v) is 5.23. The zero-order valence-corrected chi connectivity index (χ0v) is 16.6. The Bertz CT molecular complexity index is 1060. The van der Waals surface area contributed by atoms with Crippen molar-refractivity contribution < 1.29 is 9.59 Å². The van der Waals surface area contributed by atoms with Gasteiger partial charge in [0, 0.05) is 24.3 Å². The number of nitrogen functional groups attached to an aromatic ring is 1. The molecule has 6 nitrogen and oxygen atoms in total. The predicted octanol–water partition coefficient (Wildman–Crippen LogP) is 4.50. The molecule has 3 amide bonds. The van der Waals surface area contributed by atoms with E-state index in [0.29, 0.717) is 30.0 Å². The lowest BCUT2D eigenvalue weighted by atomic mass is 10.1. The first-order chi connectivity index (χ1) is 14.6. The van der Waals surface area contributed by atoms with Crippen LogP contribution in [0.2, 0.25) is 0 Å². The van der Waals surface area contributed by atoms with Crippen LogP contribution in [0.3, 0.4) is 0 Å². The summed E-state index contributed by atoms with van der Waals surface area (Å²) in [6.07, 6.45) is 1.68. The molecular weight excluding hydrogens is 376 g/mol. The van der Waals surface area contributed by atoms with Crippen LogP contribution in [0.1, 0.15) is 27.9 Å². The van der Waals surface area contributed by atoms with E-state index in [2.05, 4.69) is 10.6 Å². The molecule has 30 heavy (non-hydrogen) atoms. The van der Waals surface area contributed by atoms with Crippen molar-refractivity contribution in [2.75, 3.05) is 22.9 Å². The lowest BCUT2D eigenvalue weighted by Crippen LogP contribution is -2.39. The van der Waals surface area contributed by atoms with E-state index in [9.17, 15) is 9.59 Å². The number of para-hydroxylation sites is 3. The van der Waals surface area contributed by atoms with Crippen molar-refractivity contribution in [2.45, 2.75) is 19.4 Å². The van der Waals surface area contributed by atoms with E-state index in [1.54, 1.807) is 12.1 Å². The first-order valence-corrected chi connectivity index (χ1v) is 9.99. The number of rotatable bonds is 6. The molecule has 0 aromatic heterocycles. The minimum atomic E-state index is -0.192. The van der Waals surface area contributed by atoms with Gasteiger partial charge in [-0.05, 0) is 54.3 Å². The Hall–Kier alpha value is -3.80. The van der Waals surface area contributed by atoms with Gasteiger partial charge < -0.3 is 21.3 Å². The van der Waals surface area contributed by atoms with Gasteiger partial charge >= 0.3 is 6.03 Å². The van der Waals surface area contributed by atoms with E-state index >= 15 is 0 Å². The van der Waals surface area contributed by atoms with Crippen LogP contribution in [0.15, 0.2) is 72.8 Å². The number of anilines is 3. The van der Waals surface area contributed by atoms with E-state index in [0.717, 1.165) is 29.7 Å². The summed E-state index contributed by atoms with van der Waals surface area (Å²) in [5, 5.41) is 5.77. The molecule has 0 spiro atoms. The van der Waals surface area contributed by atoms with Crippen LogP contribution in [-0.4, -0.2) is 23.4 Å². The molecule has 0 saturated carbocycles. The highest BCUT2D eigenvalue weighted by Gasteiger charge is 2.21. The van der Waals surface area contributed by atoms with Crippen molar-refractivity contribution in [3.8, 4) is 0 Å². The van der Waals surface area contributed by atoms with Gasteiger partial charge in [0.1, 0.15) is 0 Å². The van der Waals surface area contributed by atoms with E-state index in [-0.39, 0.29) is 11.9 Å². The van der Waals surface area contributed by atoms with Gasteiger partial charge in [0.2, 0.25) is 0 Å². The normalized spacial score (nSPS) is 12.8. The summed E-state index contributed by atoms with van der Waals surface area (Å²) >= 11 is 0. The Kier molecular flexibility index (Phi) is 5.66. The van der Waals surface area contributed by atoms with E-state index in [1.165, 1.54) is 0 Å². The first-order valence-electron chi connectivity index (χ1n) is 9.99. The molecule has 1 aliphatic rings. The summed E-state index contributed by atoms with van der Waals surface area (Å²) in [4.78, 5) is 26.5. The number of amides is 3. The molecule has 4 rings (SSSR count). The molecule has 1 heterocycles.